The van der Waals surface area contributed by atoms with Crippen molar-refractivity contribution in [2.75, 3.05) is 0 Å². The number of nitrogens with one attached hydrogen (secondary N) is 2. The van der Waals surface area contributed by atoms with E-state index in [0.717, 1.165) is 4.57 Å². The van der Waals surface area contributed by atoms with Crippen LogP contribution in [0.5, 0.6) is 0 Å². The number of carboxylic acids is 1. The highest BCUT2D eigenvalue weighted by Crippen LogP contribution is 2.19. The van der Waals surface area contributed by atoms with Gasteiger partial charge >= 0.3 is 5.69 Å². The summed E-state index contributed by atoms with van der Waals surface area (Å²) in [6.45, 7) is 3.34. The Hall–Kier alpha value is -3.68. The van der Waals surface area contributed by atoms with Crippen LogP contribution in [0.3, 0.4) is 0 Å². The molecule has 0 radical (unpaired) electrons. The van der Waals surface area contributed by atoms with Crippen LogP contribution in [0.15, 0.2) is 64.2 Å². The number of carboxylic acid groups (broad SMARTS) is 1. The highest BCUT2D eigenvalue weighted by atomic mass is 16.4. The Balaban J connectivity index is 2.06. The summed E-state index contributed by atoms with van der Waals surface area (Å²) in [6, 6.07) is 11.9. The van der Waals surface area contributed by atoms with Gasteiger partial charge in [-0.2, -0.15) is 0 Å². The minimum atomic E-state index is -1.49. The van der Waals surface area contributed by atoms with Gasteiger partial charge < -0.3 is 20.2 Å². The summed E-state index contributed by atoms with van der Waals surface area (Å²) in [7, 11) is 0. The second-order valence-corrected chi connectivity index (χ2v) is 7.01. The molecule has 8 heteroatoms. The van der Waals surface area contributed by atoms with Crippen LogP contribution in [0.1, 0.15) is 31.5 Å². The van der Waals surface area contributed by atoms with Crippen LogP contribution in [0.2, 0.25) is 0 Å². The van der Waals surface area contributed by atoms with E-state index in [0.29, 0.717) is 11.1 Å². The lowest BCUT2D eigenvalue weighted by Gasteiger charge is -2.26. The molecule has 2 atom stereocenters. The van der Waals surface area contributed by atoms with Crippen LogP contribution < -0.4 is 21.7 Å². The summed E-state index contributed by atoms with van der Waals surface area (Å²) in [4.78, 5) is 52.7. The number of aromatic amines is 1. The zero-order valence-corrected chi connectivity index (χ0v) is 15.9. The molecule has 8 nitrogen and oxygen atoms in total. The van der Waals surface area contributed by atoms with Gasteiger partial charge in [0.25, 0.3) is 5.56 Å². The van der Waals surface area contributed by atoms with Crippen molar-refractivity contribution in [3.8, 4) is 0 Å². The van der Waals surface area contributed by atoms with Crippen LogP contribution >= 0.6 is 0 Å². The van der Waals surface area contributed by atoms with Crippen LogP contribution in [-0.2, 0) is 9.59 Å². The number of carbonyl (C=O) groups excluding carboxylic acids is 2. The van der Waals surface area contributed by atoms with Gasteiger partial charge in [-0.25, -0.2) is 9.36 Å². The number of aromatic nitrogens is 2. The second kappa shape index (κ2) is 8.14. The predicted octanol–water partition coefficient (Wildman–Crippen LogP) is 0.494. The Morgan fingerprint density at radius 3 is 2.24 bits per heavy atom. The van der Waals surface area contributed by atoms with Crippen molar-refractivity contribution in [2.24, 2.45) is 5.92 Å². The molecule has 29 heavy (non-hydrogen) atoms. The first-order valence-corrected chi connectivity index (χ1v) is 9.11. The molecule has 2 N–H and O–H groups in total. The molecular weight excluding hydrogens is 374 g/mol. The summed E-state index contributed by atoms with van der Waals surface area (Å²) >= 11 is 0. The first-order valence-electron chi connectivity index (χ1n) is 9.11. The van der Waals surface area contributed by atoms with Crippen molar-refractivity contribution in [3.05, 3.63) is 81.0 Å². The van der Waals surface area contributed by atoms with E-state index in [1.165, 1.54) is 0 Å². The molecule has 150 valence electrons. The Labute approximate surface area is 165 Å². The molecule has 1 aromatic heterocycles. The molecule has 0 spiro atoms. The molecule has 0 aliphatic heterocycles. The third kappa shape index (κ3) is 3.96. The molecule has 0 bridgehead atoms. The molecule has 2 aromatic carbocycles. The maximum atomic E-state index is 13.0. The molecular formula is C21H20N3O5-. The Kier molecular flexibility index (Phi) is 5.63. The predicted molar refractivity (Wildman–Crippen MR) is 105 cm³/mol. The van der Waals surface area contributed by atoms with Gasteiger partial charge in [0.15, 0.2) is 0 Å². The van der Waals surface area contributed by atoms with Crippen molar-refractivity contribution in [3.63, 3.8) is 0 Å². The fourth-order valence-corrected chi connectivity index (χ4v) is 3.30. The van der Waals surface area contributed by atoms with Gasteiger partial charge in [-0.05, 0) is 23.6 Å². The standard InChI is InChI=1S/C21H21N3O5/c1-12(2)17(18(25)23-16(20(27)28)13-8-4-3-5-9-13)24-19(26)14-10-6-7-11-15(14)22-21(24)29/h3-12,16-17H,1-2H3,(H,22,29)(H,23,25)(H,27,28)/p-1/t16-,17-/m0/s1. The van der Waals surface area contributed by atoms with Gasteiger partial charge in [-0.3, -0.25) is 9.59 Å². The minimum Gasteiger partial charge on any atom is -0.548 e. The molecule has 0 aliphatic carbocycles. The number of rotatable bonds is 6. The lowest BCUT2D eigenvalue weighted by Crippen LogP contribution is -2.49. The first kappa shape index (κ1) is 20.1. The lowest BCUT2D eigenvalue weighted by molar-refractivity contribution is -0.308. The van der Waals surface area contributed by atoms with Gasteiger partial charge in [-0.15, -0.1) is 0 Å². The van der Waals surface area contributed by atoms with E-state index in [1.807, 2.05) is 0 Å². The first-order chi connectivity index (χ1) is 13.8. The molecule has 0 saturated heterocycles. The maximum Gasteiger partial charge on any atom is 0.329 e. The highest BCUT2D eigenvalue weighted by molar-refractivity contribution is 5.86. The lowest BCUT2D eigenvalue weighted by atomic mass is 10.0. The van der Waals surface area contributed by atoms with Crippen molar-refractivity contribution in [2.45, 2.75) is 25.9 Å². The largest absolute Gasteiger partial charge is 0.548 e. The Morgan fingerprint density at radius 1 is 1.00 bits per heavy atom. The van der Waals surface area contributed by atoms with Gasteiger partial charge in [0, 0.05) is 0 Å². The quantitative estimate of drug-likeness (QED) is 0.630. The molecule has 0 aliphatic rings. The maximum absolute atomic E-state index is 13.0. The third-order valence-corrected chi connectivity index (χ3v) is 4.67. The smallest absolute Gasteiger partial charge is 0.329 e. The average molecular weight is 394 g/mol. The summed E-state index contributed by atoms with van der Waals surface area (Å²) in [5.41, 5.74) is -0.683. The zero-order valence-electron chi connectivity index (χ0n) is 15.9. The van der Waals surface area contributed by atoms with E-state index in [9.17, 15) is 24.3 Å². The molecule has 0 fully saturated rings. The number of amides is 1. The molecule has 1 heterocycles. The van der Waals surface area contributed by atoms with Crippen molar-refractivity contribution in [1.82, 2.24) is 14.9 Å². The number of aliphatic carboxylic acids is 1. The summed E-state index contributed by atoms with van der Waals surface area (Å²) in [5, 5.41) is 14.3. The van der Waals surface area contributed by atoms with Crippen LogP contribution in [0.4, 0.5) is 0 Å². The number of hydrogen-bond donors (Lipinski definition) is 2. The molecule has 3 rings (SSSR count). The van der Waals surface area contributed by atoms with E-state index in [-0.39, 0.29) is 5.39 Å². The molecule has 3 aromatic rings. The summed E-state index contributed by atoms with van der Waals surface area (Å²) < 4.78 is 0.833. The van der Waals surface area contributed by atoms with E-state index in [1.54, 1.807) is 68.4 Å². The Bertz CT molecular complexity index is 1160. The normalized spacial score (nSPS) is 13.2. The van der Waals surface area contributed by atoms with Gasteiger partial charge in [0.1, 0.15) is 6.04 Å². The van der Waals surface area contributed by atoms with Crippen molar-refractivity contribution in [1.29, 1.82) is 0 Å². The average Bonchev–Trinajstić information content (AvgIpc) is 2.69. The van der Waals surface area contributed by atoms with Gasteiger partial charge in [0.2, 0.25) is 5.91 Å². The number of benzene rings is 2. The number of fused-ring (bicyclic) bond motifs is 1. The highest BCUT2D eigenvalue weighted by Gasteiger charge is 2.30. The number of para-hydroxylation sites is 1. The monoisotopic (exact) mass is 394 g/mol. The van der Waals surface area contributed by atoms with E-state index >= 15 is 0 Å². The van der Waals surface area contributed by atoms with Crippen LogP contribution in [-0.4, -0.2) is 21.4 Å². The number of nitrogens with zero attached hydrogens (tertiary/aromatic N) is 1. The van der Waals surface area contributed by atoms with Gasteiger partial charge in [-0.1, -0.05) is 56.3 Å². The van der Waals surface area contributed by atoms with E-state index in [4.69, 9.17) is 0 Å². The third-order valence-electron chi connectivity index (χ3n) is 4.67. The van der Waals surface area contributed by atoms with E-state index < -0.39 is 41.1 Å². The van der Waals surface area contributed by atoms with Crippen LogP contribution in [0.25, 0.3) is 10.9 Å². The van der Waals surface area contributed by atoms with Crippen LogP contribution in [0, 0.1) is 5.92 Å². The summed E-state index contributed by atoms with van der Waals surface area (Å²) in [6.07, 6.45) is 0. The van der Waals surface area contributed by atoms with Crippen molar-refractivity contribution >= 4 is 22.8 Å². The zero-order chi connectivity index (χ0) is 21.1. The number of carbonyl (C=O) groups is 2. The SMILES string of the molecule is CC(C)[C@@H](C(=O)N[C@H](C(=O)[O-])c1ccccc1)n1c(=O)[nH]c2ccccc2c1=O. The minimum absolute atomic E-state index is 0.255. The Morgan fingerprint density at radius 2 is 1.62 bits per heavy atom. The fraction of sp³-hybridized carbons (Fsp3) is 0.238. The molecule has 0 unspecified atom stereocenters. The van der Waals surface area contributed by atoms with Gasteiger partial charge in [0.05, 0.1) is 22.9 Å². The molecule has 0 saturated carbocycles. The van der Waals surface area contributed by atoms with Crippen molar-refractivity contribution < 1.29 is 14.7 Å². The number of hydrogen-bond acceptors (Lipinski definition) is 5. The number of H-pyrrole nitrogens is 1. The topological polar surface area (TPSA) is 124 Å². The second-order valence-electron chi connectivity index (χ2n) is 7.01. The van der Waals surface area contributed by atoms with E-state index in [2.05, 4.69) is 10.3 Å². The summed E-state index contributed by atoms with van der Waals surface area (Å²) in [5.74, 6) is -2.72. The fourth-order valence-electron chi connectivity index (χ4n) is 3.30. The molecule has 1 amide bonds.